The van der Waals surface area contributed by atoms with Gasteiger partial charge < -0.3 is 24.3 Å². The maximum Gasteiger partial charge on any atom is 0.220 e. The number of hydrogen-bond acceptors (Lipinski definition) is 8. The van der Waals surface area contributed by atoms with Crippen LogP contribution in [0.15, 0.2) is 0 Å². The van der Waals surface area contributed by atoms with Gasteiger partial charge in [0, 0.05) is 38.8 Å². The van der Waals surface area contributed by atoms with Crippen molar-refractivity contribution in [2.75, 3.05) is 59.4 Å². The lowest BCUT2D eigenvalue weighted by Gasteiger charge is -2.07. The number of carbonyl (C=O) groups excluding carboxylic acids is 4. The van der Waals surface area contributed by atoms with Crippen molar-refractivity contribution >= 4 is 23.3 Å². The Kier molecular flexibility index (Phi) is 20.4. The van der Waals surface area contributed by atoms with E-state index in [1.165, 1.54) is 6.92 Å². The van der Waals surface area contributed by atoms with Gasteiger partial charge in [0.2, 0.25) is 5.91 Å². The molecule has 0 saturated heterocycles. The molecule has 1 amide bonds. The lowest BCUT2D eigenvalue weighted by molar-refractivity contribution is -0.125. The predicted octanol–water partition coefficient (Wildman–Crippen LogP) is 1.65. The molecule has 31 heavy (non-hydrogen) atoms. The molecule has 0 atom stereocenters. The van der Waals surface area contributed by atoms with Crippen LogP contribution in [-0.4, -0.2) is 82.7 Å². The smallest absolute Gasteiger partial charge is 0.220 e. The van der Waals surface area contributed by atoms with Gasteiger partial charge in [0.05, 0.1) is 33.0 Å². The third kappa shape index (κ3) is 22.8. The number of rotatable bonds is 23. The monoisotopic (exact) mass is 445 g/mol. The summed E-state index contributed by atoms with van der Waals surface area (Å²) in [4.78, 5) is 45.1. The Morgan fingerprint density at radius 3 is 1.90 bits per heavy atom. The van der Waals surface area contributed by atoms with Gasteiger partial charge in [0.25, 0.3) is 0 Å². The molecule has 0 aromatic carbocycles. The number of amides is 1. The highest BCUT2D eigenvalue weighted by atomic mass is 16.5. The van der Waals surface area contributed by atoms with Crippen molar-refractivity contribution < 1.29 is 38.1 Å². The molecule has 9 heteroatoms. The number of ketones is 3. The van der Waals surface area contributed by atoms with E-state index in [1.807, 2.05) is 6.92 Å². The van der Waals surface area contributed by atoms with Crippen LogP contribution in [0.4, 0.5) is 0 Å². The summed E-state index contributed by atoms with van der Waals surface area (Å²) in [5, 5.41) is 2.76. The molecule has 180 valence electrons. The molecular weight excluding hydrogens is 406 g/mol. The Balaban J connectivity index is 3.32. The van der Waals surface area contributed by atoms with E-state index >= 15 is 0 Å². The second-order valence-electron chi connectivity index (χ2n) is 7.12. The molecule has 0 spiro atoms. The second-order valence-corrected chi connectivity index (χ2v) is 7.12. The fourth-order valence-electron chi connectivity index (χ4n) is 2.42. The zero-order valence-corrected chi connectivity index (χ0v) is 19.1. The molecule has 0 bridgehead atoms. The van der Waals surface area contributed by atoms with Crippen LogP contribution in [0.2, 0.25) is 0 Å². The molecule has 0 radical (unpaired) electrons. The first kappa shape index (κ1) is 29.3. The molecule has 1 N–H and O–H groups in total. The van der Waals surface area contributed by atoms with Gasteiger partial charge in [-0.3, -0.25) is 19.2 Å². The lowest BCUT2D eigenvalue weighted by Crippen LogP contribution is -2.27. The summed E-state index contributed by atoms with van der Waals surface area (Å²) < 4.78 is 21.0. The van der Waals surface area contributed by atoms with Crippen LogP contribution < -0.4 is 5.32 Å². The highest BCUT2D eigenvalue weighted by Gasteiger charge is 2.04. The molecule has 0 fully saturated rings. The highest BCUT2D eigenvalue weighted by Crippen LogP contribution is 2.02. The second kappa shape index (κ2) is 21.5. The Labute approximate surface area is 185 Å². The quantitative estimate of drug-likeness (QED) is 0.236. The number of ether oxygens (including phenoxy) is 4. The van der Waals surface area contributed by atoms with Gasteiger partial charge in [-0.15, -0.1) is 0 Å². The van der Waals surface area contributed by atoms with Gasteiger partial charge in [0.15, 0.2) is 11.6 Å². The van der Waals surface area contributed by atoms with E-state index in [9.17, 15) is 19.2 Å². The van der Waals surface area contributed by atoms with Crippen LogP contribution in [0.3, 0.4) is 0 Å². The topological polar surface area (TPSA) is 117 Å². The van der Waals surface area contributed by atoms with Gasteiger partial charge in [-0.2, -0.15) is 0 Å². The zero-order valence-electron chi connectivity index (χ0n) is 19.1. The minimum absolute atomic E-state index is 0.00401. The van der Waals surface area contributed by atoms with E-state index < -0.39 is 0 Å². The number of carbonyl (C=O) groups is 4. The summed E-state index contributed by atoms with van der Waals surface area (Å²) in [6.45, 7) is 6.14. The van der Waals surface area contributed by atoms with Crippen LogP contribution in [0.1, 0.15) is 58.8 Å². The fraction of sp³-hybridized carbons (Fsp3) is 0.818. The van der Waals surface area contributed by atoms with Crippen LogP contribution in [-0.2, 0) is 38.1 Å². The summed E-state index contributed by atoms with van der Waals surface area (Å²) in [6.07, 6.45) is 3.96. The first-order valence-corrected chi connectivity index (χ1v) is 11.1. The molecule has 0 aromatic heterocycles. The van der Waals surface area contributed by atoms with E-state index in [4.69, 9.17) is 18.9 Å². The Bertz CT molecular complexity index is 510. The summed E-state index contributed by atoms with van der Waals surface area (Å²) in [7, 11) is 0. The van der Waals surface area contributed by atoms with Crippen LogP contribution in [0, 0.1) is 0 Å². The van der Waals surface area contributed by atoms with Crippen molar-refractivity contribution in [1.29, 1.82) is 0 Å². The molecule has 0 aliphatic rings. The van der Waals surface area contributed by atoms with Crippen LogP contribution >= 0.6 is 0 Å². The van der Waals surface area contributed by atoms with Gasteiger partial charge in [-0.05, 0) is 26.2 Å². The molecule has 0 aromatic rings. The van der Waals surface area contributed by atoms with E-state index in [0.717, 1.165) is 6.42 Å². The molecule has 0 aliphatic carbocycles. The maximum absolute atomic E-state index is 11.7. The third-order valence-electron chi connectivity index (χ3n) is 4.13. The number of unbranched alkanes of at least 4 members (excludes halogenated alkanes) is 1. The van der Waals surface area contributed by atoms with Crippen LogP contribution in [0.5, 0.6) is 0 Å². The van der Waals surface area contributed by atoms with Crippen molar-refractivity contribution in [2.24, 2.45) is 0 Å². The third-order valence-corrected chi connectivity index (χ3v) is 4.13. The lowest BCUT2D eigenvalue weighted by atomic mass is 10.1. The molecule has 0 saturated carbocycles. The average Bonchev–Trinajstić information content (AvgIpc) is 2.74. The minimum Gasteiger partial charge on any atom is -0.379 e. The predicted molar refractivity (Wildman–Crippen MR) is 115 cm³/mol. The molecule has 0 unspecified atom stereocenters. The first-order chi connectivity index (χ1) is 15.0. The summed E-state index contributed by atoms with van der Waals surface area (Å²) >= 11 is 0. The highest BCUT2D eigenvalue weighted by molar-refractivity contribution is 5.79. The molecule has 9 nitrogen and oxygen atoms in total. The summed E-state index contributed by atoms with van der Waals surface area (Å²) in [6, 6.07) is 0. The van der Waals surface area contributed by atoms with Crippen molar-refractivity contribution in [3.05, 3.63) is 0 Å². The largest absolute Gasteiger partial charge is 0.379 e. The first-order valence-electron chi connectivity index (χ1n) is 11.1. The molecular formula is C22H39NO8. The van der Waals surface area contributed by atoms with Gasteiger partial charge in [-0.1, -0.05) is 6.92 Å². The number of Topliss-reactive ketones (excluding diaryl/α,β-unsaturated/α-hetero) is 3. The van der Waals surface area contributed by atoms with Crippen molar-refractivity contribution in [1.82, 2.24) is 5.32 Å². The van der Waals surface area contributed by atoms with E-state index in [2.05, 4.69) is 5.32 Å². The molecule has 0 aliphatic heterocycles. The van der Waals surface area contributed by atoms with E-state index in [1.54, 1.807) is 0 Å². The summed E-state index contributed by atoms with van der Waals surface area (Å²) in [5.41, 5.74) is 0. The average molecular weight is 446 g/mol. The fourth-order valence-corrected chi connectivity index (χ4v) is 2.42. The minimum atomic E-state index is -0.0399. The normalized spacial score (nSPS) is 10.8. The Morgan fingerprint density at radius 1 is 0.645 bits per heavy atom. The zero-order chi connectivity index (χ0) is 23.2. The number of nitrogens with one attached hydrogen (secondary N) is 1. The molecule has 0 heterocycles. The van der Waals surface area contributed by atoms with Crippen molar-refractivity contribution in [3.8, 4) is 0 Å². The van der Waals surface area contributed by atoms with E-state index in [0.29, 0.717) is 84.7 Å². The Hall–Kier alpha value is -1.68. The Morgan fingerprint density at radius 2 is 1.23 bits per heavy atom. The number of hydrogen-bond donors (Lipinski definition) is 1. The van der Waals surface area contributed by atoms with Gasteiger partial charge in [0.1, 0.15) is 19.0 Å². The van der Waals surface area contributed by atoms with Gasteiger partial charge in [-0.25, -0.2) is 0 Å². The standard InChI is InChI=1S/C22H39NO8/c1-3-20(25)7-4-5-9-22(27)23-10-12-29-14-16-31-18-21(26)8-6-11-28-13-15-30-17-19(2)24/h3-18H2,1-2H3,(H,23,27). The van der Waals surface area contributed by atoms with Crippen molar-refractivity contribution in [2.45, 2.75) is 58.8 Å². The van der Waals surface area contributed by atoms with Crippen LogP contribution in [0.25, 0.3) is 0 Å². The van der Waals surface area contributed by atoms with E-state index in [-0.39, 0.29) is 36.5 Å². The van der Waals surface area contributed by atoms with Crippen molar-refractivity contribution in [3.63, 3.8) is 0 Å². The maximum atomic E-state index is 11.7. The molecule has 0 rings (SSSR count). The SMILES string of the molecule is CCC(=O)CCCCC(=O)NCCOCCOCC(=O)CCCOCCOCC(C)=O. The van der Waals surface area contributed by atoms with Gasteiger partial charge >= 0.3 is 0 Å². The summed E-state index contributed by atoms with van der Waals surface area (Å²) in [5.74, 6) is 0.175.